The molecule has 2 rings (SSSR count). The lowest BCUT2D eigenvalue weighted by Crippen LogP contribution is -2.15. The average Bonchev–Trinajstić information content (AvgIpc) is 2.53. The number of rotatable bonds is 6. The number of ether oxygens (including phenoxy) is 1. The number of anilines is 2. The molecule has 0 spiro atoms. The SMILES string of the molecule is CCC(=O)Nc1cc(S(=O)(=O)Nc2cc(C)cc(C)c2)ccc1OC. The Hall–Kier alpha value is -2.54. The zero-order valence-electron chi connectivity index (χ0n) is 14.7. The summed E-state index contributed by atoms with van der Waals surface area (Å²) >= 11 is 0. The van der Waals surface area contributed by atoms with Gasteiger partial charge in [-0.15, -0.1) is 0 Å². The van der Waals surface area contributed by atoms with Crippen molar-refractivity contribution in [2.75, 3.05) is 17.1 Å². The normalized spacial score (nSPS) is 11.0. The first-order valence-electron chi connectivity index (χ1n) is 7.84. The van der Waals surface area contributed by atoms with E-state index in [-0.39, 0.29) is 17.2 Å². The molecule has 0 aromatic heterocycles. The first-order chi connectivity index (χ1) is 11.7. The van der Waals surface area contributed by atoms with Crippen LogP contribution in [-0.2, 0) is 14.8 Å². The summed E-state index contributed by atoms with van der Waals surface area (Å²) in [6, 6.07) is 9.81. The number of hydrogen-bond acceptors (Lipinski definition) is 4. The van der Waals surface area contributed by atoms with Crippen LogP contribution in [0.25, 0.3) is 0 Å². The second kappa shape index (κ2) is 7.57. The Kier molecular flexibility index (Phi) is 5.69. The lowest BCUT2D eigenvalue weighted by atomic mass is 10.1. The van der Waals surface area contributed by atoms with E-state index in [4.69, 9.17) is 4.74 Å². The Morgan fingerprint density at radius 2 is 1.72 bits per heavy atom. The molecule has 134 valence electrons. The molecule has 0 saturated heterocycles. The van der Waals surface area contributed by atoms with Gasteiger partial charge in [-0.3, -0.25) is 9.52 Å². The van der Waals surface area contributed by atoms with E-state index in [1.807, 2.05) is 19.9 Å². The van der Waals surface area contributed by atoms with Gasteiger partial charge in [0.25, 0.3) is 10.0 Å². The number of nitrogens with one attached hydrogen (secondary N) is 2. The minimum Gasteiger partial charge on any atom is -0.495 e. The maximum Gasteiger partial charge on any atom is 0.261 e. The highest BCUT2D eigenvalue weighted by atomic mass is 32.2. The molecule has 25 heavy (non-hydrogen) atoms. The van der Waals surface area contributed by atoms with Gasteiger partial charge in [0.1, 0.15) is 5.75 Å². The molecule has 7 heteroatoms. The van der Waals surface area contributed by atoms with Crippen LogP contribution in [0.2, 0.25) is 0 Å². The second-order valence-electron chi connectivity index (χ2n) is 5.75. The molecular weight excluding hydrogens is 340 g/mol. The maximum absolute atomic E-state index is 12.7. The van der Waals surface area contributed by atoms with Gasteiger partial charge in [-0.05, 0) is 55.3 Å². The molecule has 2 N–H and O–H groups in total. The van der Waals surface area contributed by atoms with Crippen LogP contribution in [-0.4, -0.2) is 21.4 Å². The summed E-state index contributed by atoms with van der Waals surface area (Å²) in [7, 11) is -2.34. The molecule has 0 aliphatic rings. The van der Waals surface area contributed by atoms with Gasteiger partial charge in [-0.2, -0.15) is 0 Å². The van der Waals surface area contributed by atoms with Crippen molar-refractivity contribution in [1.29, 1.82) is 0 Å². The predicted octanol–water partition coefficient (Wildman–Crippen LogP) is 3.46. The Labute approximate surface area is 148 Å². The number of hydrogen-bond donors (Lipinski definition) is 2. The van der Waals surface area contributed by atoms with Gasteiger partial charge < -0.3 is 10.1 Å². The summed E-state index contributed by atoms with van der Waals surface area (Å²) in [5.74, 6) is 0.169. The number of aryl methyl sites for hydroxylation is 2. The van der Waals surface area contributed by atoms with Crippen molar-refractivity contribution >= 4 is 27.3 Å². The fourth-order valence-electron chi connectivity index (χ4n) is 2.44. The summed E-state index contributed by atoms with van der Waals surface area (Å²) in [4.78, 5) is 11.7. The largest absolute Gasteiger partial charge is 0.495 e. The molecule has 0 bridgehead atoms. The molecule has 0 heterocycles. The van der Waals surface area contributed by atoms with Crippen molar-refractivity contribution in [1.82, 2.24) is 0 Å². The summed E-state index contributed by atoms with van der Waals surface area (Å²) < 4.78 is 33.1. The highest BCUT2D eigenvalue weighted by Crippen LogP contribution is 2.29. The van der Waals surface area contributed by atoms with Crippen molar-refractivity contribution in [2.24, 2.45) is 0 Å². The van der Waals surface area contributed by atoms with Crippen LogP contribution in [0.5, 0.6) is 5.75 Å². The Balaban J connectivity index is 2.38. The lowest BCUT2D eigenvalue weighted by Gasteiger charge is -2.13. The minimum absolute atomic E-state index is 0.0406. The molecule has 2 aromatic carbocycles. The summed E-state index contributed by atoms with van der Waals surface area (Å²) in [5.41, 5.74) is 2.73. The standard InChI is InChI=1S/C18H22N2O4S/c1-5-18(21)19-16-11-15(6-7-17(16)24-4)25(22,23)20-14-9-12(2)8-13(3)10-14/h6-11,20H,5H2,1-4H3,(H,19,21). The molecule has 0 fully saturated rings. The maximum atomic E-state index is 12.7. The van der Waals surface area contributed by atoms with Crippen LogP contribution in [0.1, 0.15) is 24.5 Å². The van der Waals surface area contributed by atoms with Crippen LogP contribution in [0.3, 0.4) is 0 Å². The molecule has 0 saturated carbocycles. The molecule has 0 radical (unpaired) electrons. The average molecular weight is 362 g/mol. The van der Waals surface area contributed by atoms with E-state index in [0.717, 1.165) is 11.1 Å². The van der Waals surface area contributed by atoms with Crippen LogP contribution >= 0.6 is 0 Å². The van der Waals surface area contributed by atoms with E-state index in [1.165, 1.54) is 25.3 Å². The third-order valence-corrected chi connectivity index (χ3v) is 4.93. The molecule has 6 nitrogen and oxygen atoms in total. The van der Waals surface area contributed by atoms with Crippen LogP contribution in [0.4, 0.5) is 11.4 Å². The van der Waals surface area contributed by atoms with Crippen LogP contribution in [0.15, 0.2) is 41.3 Å². The Morgan fingerprint density at radius 1 is 1.08 bits per heavy atom. The topological polar surface area (TPSA) is 84.5 Å². The number of sulfonamides is 1. The zero-order chi connectivity index (χ0) is 18.6. The van der Waals surface area contributed by atoms with Crippen molar-refractivity contribution in [3.8, 4) is 5.75 Å². The van der Waals surface area contributed by atoms with Gasteiger partial charge in [0.05, 0.1) is 17.7 Å². The van der Waals surface area contributed by atoms with E-state index in [9.17, 15) is 13.2 Å². The van der Waals surface area contributed by atoms with Crippen molar-refractivity contribution < 1.29 is 17.9 Å². The summed E-state index contributed by atoms with van der Waals surface area (Å²) in [6.45, 7) is 5.51. The van der Waals surface area contributed by atoms with E-state index >= 15 is 0 Å². The van der Waals surface area contributed by atoms with Crippen LogP contribution < -0.4 is 14.8 Å². The van der Waals surface area contributed by atoms with Gasteiger partial charge in [0, 0.05) is 12.1 Å². The Morgan fingerprint density at radius 3 is 2.28 bits per heavy atom. The Bertz CT molecular complexity index is 872. The van der Waals surface area contributed by atoms with E-state index in [1.54, 1.807) is 19.1 Å². The van der Waals surface area contributed by atoms with Crippen molar-refractivity contribution in [3.63, 3.8) is 0 Å². The van der Waals surface area contributed by atoms with E-state index in [2.05, 4.69) is 10.0 Å². The van der Waals surface area contributed by atoms with E-state index < -0.39 is 10.0 Å². The highest BCUT2D eigenvalue weighted by Gasteiger charge is 2.18. The number of carbonyl (C=O) groups excluding carboxylic acids is 1. The van der Waals surface area contributed by atoms with Crippen molar-refractivity contribution in [3.05, 3.63) is 47.5 Å². The van der Waals surface area contributed by atoms with Crippen molar-refractivity contribution in [2.45, 2.75) is 32.1 Å². The smallest absolute Gasteiger partial charge is 0.261 e. The molecule has 2 aromatic rings. The summed E-state index contributed by atoms with van der Waals surface area (Å²) in [5, 5.41) is 2.65. The lowest BCUT2D eigenvalue weighted by molar-refractivity contribution is -0.115. The molecule has 0 aliphatic heterocycles. The number of benzene rings is 2. The van der Waals surface area contributed by atoms with Gasteiger partial charge in [0.2, 0.25) is 5.91 Å². The molecule has 0 atom stereocenters. The van der Waals surface area contributed by atoms with Gasteiger partial charge in [0.15, 0.2) is 0 Å². The third-order valence-electron chi connectivity index (χ3n) is 3.55. The molecule has 1 amide bonds. The predicted molar refractivity (Wildman–Crippen MR) is 98.6 cm³/mol. The first-order valence-corrected chi connectivity index (χ1v) is 9.32. The number of amides is 1. The summed E-state index contributed by atoms with van der Waals surface area (Å²) in [6.07, 6.45) is 0.279. The minimum atomic E-state index is -3.79. The van der Waals surface area contributed by atoms with Gasteiger partial charge in [-0.1, -0.05) is 13.0 Å². The first kappa shape index (κ1) is 18.8. The van der Waals surface area contributed by atoms with Gasteiger partial charge >= 0.3 is 0 Å². The number of carbonyl (C=O) groups is 1. The quantitative estimate of drug-likeness (QED) is 0.824. The molecule has 0 unspecified atom stereocenters. The molecular formula is C18H22N2O4S. The fraction of sp³-hybridized carbons (Fsp3) is 0.278. The third kappa shape index (κ3) is 4.73. The van der Waals surface area contributed by atoms with Gasteiger partial charge in [-0.25, -0.2) is 8.42 Å². The fourth-order valence-corrected chi connectivity index (χ4v) is 3.50. The molecule has 0 aliphatic carbocycles. The van der Waals surface area contributed by atoms with Crippen LogP contribution in [0, 0.1) is 13.8 Å². The number of methoxy groups -OCH3 is 1. The monoisotopic (exact) mass is 362 g/mol. The second-order valence-corrected chi connectivity index (χ2v) is 7.43. The van der Waals surface area contributed by atoms with E-state index in [0.29, 0.717) is 17.1 Å². The highest BCUT2D eigenvalue weighted by molar-refractivity contribution is 7.92. The zero-order valence-corrected chi connectivity index (χ0v) is 15.5.